The predicted molar refractivity (Wildman–Crippen MR) is 57.2 cm³/mol. The number of hydrogen-bond acceptors (Lipinski definition) is 2. The van der Waals surface area contributed by atoms with Crippen molar-refractivity contribution in [1.82, 2.24) is 0 Å². The molecular weight excluding hydrogens is 176 g/mol. The highest BCUT2D eigenvalue weighted by Gasteiger charge is 2.30. The highest BCUT2D eigenvalue weighted by molar-refractivity contribution is 5.85. The Balaban J connectivity index is 2.49. The zero-order chi connectivity index (χ0) is 10.7. The molecule has 1 atom stereocenters. The van der Waals surface area contributed by atoms with Gasteiger partial charge in [-0.15, -0.1) is 0 Å². The molecule has 0 spiro atoms. The van der Waals surface area contributed by atoms with Gasteiger partial charge in [-0.25, -0.2) is 0 Å². The second-order valence-electron chi connectivity index (χ2n) is 4.91. The molecule has 0 saturated heterocycles. The monoisotopic (exact) mass is 198 g/mol. The van der Waals surface area contributed by atoms with E-state index in [-0.39, 0.29) is 17.8 Å². The van der Waals surface area contributed by atoms with Crippen LogP contribution in [-0.4, -0.2) is 18.0 Å². The van der Waals surface area contributed by atoms with Crippen LogP contribution in [0.5, 0.6) is 0 Å². The van der Waals surface area contributed by atoms with Crippen molar-refractivity contribution in [2.45, 2.75) is 59.2 Å². The molecule has 0 amide bonds. The molecule has 2 nitrogen and oxygen atoms in total. The van der Waals surface area contributed by atoms with Crippen molar-refractivity contribution in [3.8, 4) is 0 Å². The maximum atomic E-state index is 11.8. The van der Waals surface area contributed by atoms with Gasteiger partial charge >= 0.3 is 0 Å². The Morgan fingerprint density at radius 1 is 1.21 bits per heavy atom. The van der Waals surface area contributed by atoms with Crippen LogP contribution in [0.4, 0.5) is 0 Å². The zero-order valence-corrected chi connectivity index (χ0v) is 9.75. The second kappa shape index (κ2) is 4.92. The summed E-state index contributed by atoms with van der Waals surface area (Å²) >= 11 is 0. The maximum Gasteiger partial charge on any atom is 0.164 e. The van der Waals surface area contributed by atoms with E-state index in [1.807, 2.05) is 13.8 Å². The minimum atomic E-state index is -0.180. The van der Waals surface area contributed by atoms with Crippen molar-refractivity contribution in [1.29, 1.82) is 0 Å². The SMILES string of the molecule is CC(C)C(=O)[C@H](OC1CCC1)C(C)C. The zero-order valence-electron chi connectivity index (χ0n) is 9.75. The first kappa shape index (κ1) is 11.7. The smallest absolute Gasteiger partial charge is 0.164 e. The van der Waals surface area contributed by atoms with Crippen molar-refractivity contribution < 1.29 is 9.53 Å². The van der Waals surface area contributed by atoms with Gasteiger partial charge in [0.05, 0.1) is 6.10 Å². The highest BCUT2D eigenvalue weighted by atomic mass is 16.5. The summed E-state index contributed by atoms with van der Waals surface area (Å²) in [6.07, 6.45) is 3.69. The van der Waals surface area contributed by atoms with Crippen LogP contribution in [0, 0.1) is 11.8 Å². The van der Waals surface area contributed by atoms with E-state index < -0.39 is 0 Å². The van der Waals surface area contributed by atoms with E-state index in [0.29, 0.717) is 12.0 Å². The lowest BCUT2D eigenvalue weighted by atomic mass is 9.92. The Bertz CT molecular complexity index is 192. The van der Waals surface area contributed by atoms with Crippen molar-refractivity contribution in [3.63, 3.8) is 0 Å². The molecule has 0 aromatic carbocycles. The van der Waals surface area contributed by atoms with Gasteiger partial charge in [-0.1, -0.05) is 27.7 Å². The van der Waals surface area contributed by atoms with Crippen LogP contribution in [0.15, 0.2) is 0 Å². The van der Waals surface area contributed by atoms with E-state index in [2.05, 4.69) is 13.8 Å². The van der Waals surface area contributed by atoms with Gasteiger partial charge < -0.3 is 4.74 Å². The molecule has 0 N–H and O–H groups in total. The van der Waals surface area contributed by atoms with E-state index in [4.69, 9.17) is 4.74 Å². The molecule has 1 aliphatic carbocycles. The predicted octanol–water partition coefficient (Wildman–Crippen LogP) is 2.81. The molecule has 1 rings (SSSR count). The number of carbonyl (C=O) groups excluding carboxylic acids is 1. The largest absolute Gasteiger partial charge is 0.367 e. The standard InChI is InChI=1S/C12H22O2/c1-8(2)11(13)12(9(3)4)14-10-6-5-7-10/h8-10,12H,5-7H2,1-4H3/t12-/m1/s1. The summed E-state index contributed by atoms with van der Waals surface area (Å²) in [6, 6.07) is 0. The number of ketones is 1. The lowest BCUT2D eigenvalue weighted by Crippen LogP contribution is -2.38. The average Bonchev–Trinajstić information content (AvgIpc) is 2.00. The fraction of sp³-hybridized carbons (Fsp3) is 0.917. The first-order valence-electron chi connectivity index (χ1n) is 5.71. The molecular formula is C12H22O2. The van der Waals surface area contributed by atoms with Crippen LogP contribution in [0.1, 0.15) is 47.0 Å². The molecule has 1 saturated carbocycles. The lowest BCUT2D eigenvalue weighted by molar-refractivity contribution is -0.145. The number of carbonyl (C=O) groups is 1. The summed E-state index contributed by atoms with van der Waals surface area (Å²) in [5.74, 6) is 0.639. The fourth-order valence-corrected chi connectivity index (χ4v) is 1.60. The van der Waals surface area contributed by atoms with Crippen molar-refractivity contribution >= 4 is 5.78 Å². The van der Waals surface area contributed by atoms with Gasteiger partial charge in [0.15, 0.2) is 5.78 Å². The average molecular weight is 198 g/mol. The second-order valence-corrected chi connectivity index (χ2v) is 4.91. The van der Waals surface area contributed by atoms with Gasteiger partial charge in [0.1, 0.15) is 6.10 Å². The van der Waals surface area contributed by atoms with Crippen LogP contribution in [0.3, 0.4) is 0 Å². The van der Waals surface area contributed by atoms with Crippen molar-refractivity contribution in [3.05, 3.63) is 0 Å². The van der Waals surface area contributed by atoms with Gasteiger partial charge in [-0.3, -0.25) is 4.79 Å². The van der Waals surface area contributed by atoms with E-state index in [1.54, 1.807) is 0 Å². The molecule has 0 aliphatic heterocycles. The quantitative estimate of drug-likeness (QED) is 0.679. The first-order valence-corrected chi connectivity index (χ1v) is 5.71. The third-order valence-electron chi connectivity index (χ3n) is 2.85. The Kier molecular flexibility index (Phi) is 4.11. The summed E-state index contributed by atoms with van der Waals surface area (Å²) in [4.78, 5) is 11.8. The van der Waals surface area contributed by atoms with Gasteiger partial charge in [0, 0.05) is 5.92 Å². The van der Waals surface area contributed by atoms with Crippen LogP contribution in [0.25, 0.3) is 0 Å². The molecule has 82 valence electrons. The Morgan fingerprint density at radius 3 is 2.07 bits per heavy atom. The summed E-state index contributed by atoms with van der Waals surface area (Å²) in [7, 11) is 0. The van der Waals surface area contributed by atoms with Crippen molar-refractivity contribution in [2.75, 3.05) is 0 Å². The minimum Gasteiger partial charge on any atom is -0.367 e. The molecule has 1 fully saturated rings. The third kappa shape index (κ3) is 2.81. The number of ether oxygens (including phenoxy) is 1. The summed E-state index contributed by atoms with van der Waals surface area (Å²) in [5, 5.41) is 0. The molecule has 0 heterocycles. The molecule has 0 aromatic heterocycles. The third-order valence-corrected chi connectivity index (χ3v) is 2.85. The van der Waals surface area contributed by atoms with E-state index in [9.17, 15) is 4.79 Å². The topological polar surface area (TPSA) is 26.3 Å². The van der Waals surface area contributed by atoms with E-state index in [0.717, 1.165) is 12.8 Å². The van der Waals surface area contributed by atoms with Gasteiger partial charge in [0.25, 0.3) is 0 Å². The van der Waals surface area contributed by atoms with Gasteiger partial charge in [-0.05, 0) is 25.2 Å². The van der Waals surface area contributed by atoms with Gasteiger partial charge in [-0.2, -0.15) is 0 Å². The highest BCUT2D eigenvalue weighted by Crippen LogP contribution is 2.26. The molecule has 2 heteroatoms. The molecule has 1 aliphatic rings. The first-order chi connectivity index (χ1) is 6.52. The summed E-state index contributed by atoms with van der Waals surface area (Å²) in [5.41, 5.74) is 0. The molecule has 0 radical (unpaired) electrons. The molecule has 0 unspecified atom stereocenters. The van der Waals surface area contributed by atoms with Crippen molar-refractivity contribution in [2.24, 2.45) is 11.8 Å². The van der Waals surface area contributed by atoms with Crippen LogP contribution < -0.4 is 0 Å². The Hall–Kier alpha value is -0.370. The maximum absolute atomic E-state index is 11.8. The fourth-order valence-electron chi connectivity index (χ4n) is 1.60. The van der Waals surface area contributed by atoms with E-state index >= 15 is 0 Å². The lowest BCUT2D eigenvalue weighted by Gasteiger charge is -2.32. The van der Waals surface area contributed by atoms with Crippen LogP contribution >= 0.6 is 0 Å². The summed E-state index contributed by atoms with van der Waals surface area (Å²) < 4.78 is 5.82. The summed E-state index contributed by atoms with van der Waals surface area (Å²) in [6.45, 7) is 8.01. The Labute approximate surface area is 87.0 Å². The van der Waals surface area contributed by atoms with E-state index in [1.165, 1.54) is 6.42 Å². The Morgan fingerprint density at radius 2 is 1.79 bits per heavy atom. The normalized spacial score (nSPS) is 19.9. The van der Waals surface area contributed by atoms with Gasteiger partial charge in [0.2, 0.25) is 0 Å². The number of Topliss-reactive ketones (excluding diaryl/α,β-unsaturated/α-hetero) is 1. The number of rotatable bonds is 5. The minimum absolute atomic E-state index is 0.0856. The molecule has 0 aromatic rings. The van der Waals surface area contributed by atoms with Crippen LogP contribution in [-0.2, 0) is 9.53 Å². The molecule has 0 bridgehead atoms. The molecule has 14 heavy (non-hydrogen) atoms. The van der Waals surface area contributed by atoms with Crippen LogP contribution in [0.2, 0.25) is 0 Å². The number of hydrogen-bond donors (Lipinski definition) is 0.